The zero-order valence-corrected chi connectivity index (χ0v) is 28.8. The minimum atomic E-state index is -0.795. The number of piperazine rings is 1. The Morgan fingerprint density at radius 2 is 1.76 bits per heavy atom. The lowest BCUT2D eigenvalue weighted by Gasteiger charge is -2.37. The maximum Gasteiger partial charge on any atom is 0.420 e. The molecule has 3 fully saturated rings. The second-order valence-corrected chi connectivity index (χ2v) is 13.8. The van der Waals surface area contributed by atoms with E-state index < -0.39 is 17.7 Å². The van der Waals surface area contributed by atoms with Gasteiger partial charge in [0.2, 0.25) is 11.8 Å². The number of hydrogen-bond donors (Lipinski definition) is 2. The predicted molar refractivity (Wildman–Crippen MR) is 186 cm³/mol. The highest BCUT2D eigenvalue weighted by Crippen LogP contribution is 2.30. The summed E-state index contributed by atoms with van der Waals surface area (Å²) in [6.07, 6.45) is 2.94. The van der Waals surface area contributed by atoms with Gasteiger partial charge in [0.1, 0.15) is 10.5 Å². The minimum absolute atomic E-state index is 0.0164. The number of amides is 3. The monoisotopic (exact) mass is 732 g/mol. The smallest absolute Gasteiger partial charge is 0.408 e. The summed E-state index contributed by atoms with van der Waals surface area (Å²) in [4.78, 5) is 68.7. The molecule has 0 radical (unpaired) electrons. The highest BCUT2D eigenvalue weighted by Gasteiger charge is 2.32. The van der Waals surface area contributed by atoms with Crippen molar-refractivity contribution in [1.82, 2.24) is 29.5 Å². The molecule has 15 heteroatoms. The summed E-state index contributed by atoms with van der Waals surface area (Å²) < 4.78 is 8.59. The average Bonchev–Trinajstić information content (AvgIpc) is 3.42. The zero-order chi connectivity index (χ0) is 34.4. The third-order valence-electron chi connectivity index (χ3n) is 9.75. The van der Waals surface area contributed by atoms with Gasteiger partial charge in [-0.15, -0.1) is 0 Å². The zero-order valence-electron chi connectivity index (χ0n) is 27.2. The molecule has 2 aromatic carbocycles. The van der Waals surface area contributed by atoms with Crippen LogP contribution < -0.4 is 26.8 Å². The van der Waals surface area contributed by atoms with Crippen molar-refractivity contribution in [2.24, 2.45) is 7.05 Å². The van der Waals surface area contributed by atoms with Crippen molar-refractivity contribution in [2.75, 3.05) is 56.5 Å². The molecule has 3 aliphatic heterocycles. The number of oxazole rings is 1. The van der Waals surface area contributed by atoms with E-state index in [9.17, 15) is 24.0 Å². The van der Waals surface area contributed by atoms with Crippen LogP contribution in [0.25, 0.3) is 11.1 Å². The molecule has 14 nitrogen and oxygen atoms in total. The molecule has 49 heavy (non-hydrogen) atoms. The fourth-order valence-corrected chi connectivity index (χ4v) is 7.66. The fraction of sp³-hybridized carbons (Fsp3) is 0.412. The molecule has 4 aromatic rings. The van der Waals surface area contributed by atoms with Crippen LogP contribution in [0, 0.1) is 0 Å². The second kappa shape index (κ2) is 13.3. The second-order valence-electron chi connectivity index (χ2n) is 13.1. The van der Waals surface area contributed by atoms with Crippen LogP contribution >= 0.6 is 15.9 Å². The number of benzene rings is 2. The maximum atomic E-state index is 13.5. The van der Waals surface area contributed by atoms with Crippen LogP contribution in [-0.4, -0.2) is 94.2 Å². The van der Waals surface area contributed by atoms with Crippen LogP contribution in [0.4, 0.5) is 11.4 Å². The predicted octanol–water partition coefficient (Wildman–Crippen LogP) is 2.29. The van der Waals surface area contributed by atoms with E-state index in [1.165, 1.54) is 9.25 Å². The number of carbonyl (C=O) groups is 3. The lowest BCUT2D eigenvalue weighted by molar-refractivity contribution is -0.135. The van der Waals surface area contributed by atoms with Gasteiger partial charge in [-0.1, -0.05) is 12.1 Å². The largest absolute Gasteiger partial charge is 0.420 e. The van der Waals surface area contributed by atoms with Crippen molar-refractivity contribution in [1.29, 1.82) is 0 Å². The Kier molecular flexibility index (Phi) is 8.88. The van der Waals surface area contributed by atoms with Crippen LogP contribution in [0.2, 0.25) is 0 Å². The number of carbonyl (C=O) groups excluding carboxylic acids is 3. The number of rotatable bonds is 6. The van der Waals surface area contributed by atoms with E-state index in [1.807, 2.05) is 35.2 Å². The number of piperidine rings is 2. The minimum Gasteiger partial charge on any atom is -0.408 e. The Bertz CT molecular complexity index is 2050. The van der Waals surface area contributed by atoms with Gasteiger partial charge in [0.15, 0.2) is 5.58 Å². The van der Waals surface area contributed by atoms with Crippen molar-refractivity contribution in [2.45, 2.75) is 37.3 Å². The topological polar surface area (TPSA) is 155 Å². The molecule has 0 saturated carbocycles. The number of nitrogens with one attached hydrogen (secondary N) is 2. The summed E-state index contributed by atoms with van der Waals surface area (Å²) in [5.74, 6) is -1.25. The van der Waals surface area contributed by atoms with E-state index in [2.05, 4.69) is 48.5 Å². The molecule has 0 spiro atoms. The molecule has 7 rings (SSSR count). The normalized spacial score (nSPS) is 22.0. The summed E-state index contributed by atoms with van der Waals surface area (Å²) in [7, 11) is 3.70. The highest BCUT2D eigenvalue weighted by molar-refractivity contribution is 9.10. The molecule has 3 amide bonds. The molecule has 3 aliphatic rings. The number of nitrogens with zero attached hydrogens (tertiary/aromatic N) is 6. The van der Waals surface area contributed by atoms with Gasteiger partial charge in [0, 0.05) is 76.1 Å². The summed E-state index contributed by atoms with van der Waals surface area (Å²) in [6.45, 7) is 4.00. The molecule has 0 aliphatic carbocycles. The molecular weight excluding hydrogens is 696 g/mol. The molecule has 5 heterocycles. The van der Waals surface area contributed by atoms with Crippen molar-refractivity contribution in [3.8, 4) is 0 Å². The van der Waals surface area contributed by atoms with Crippen LogP contribution in [0.1, 0.15) is 47.1 Å². The number of likely N-dealkylation sites (tertiary alicyclic amines) is 1. The third kappa shape index (κ3) is 6.52. The van der Waals surface area contributed by atoms with E-state index >= 15 is 0 Å². The molecule has 1 unspecified atom stereocenters. The number of hydrogen-bond acceptors (Lipinski definition) is 10. The lowest BCUT2D eigenvalue weighted by atomic mass is 9.87. The third-order valence-corrected chi connectivity index (χ3v) is 10.5. The van der Waals surface area contributed by atoms with E-state index in [1.54, 1.807) is 25.4 Å². The molecule has 2 aromatic heterocycles. The molecule has 256 valence electrons. The Morgan fingerprint density at radius 3 is 2.49 bits per heavy atom. The molecule has 2 N–H and O–H groups in total. The van der Waals surface area contributed by atoms with Crippen LogP contribution in [0.15, 0.2) is 67.1 Å². The molecule has 0 bridgehead atoms. The van der Waals surface area contributed by atoms with Gasteiger partial charge in [0.25, 0.3) is 11.5 Å². The van der Waals surface area contributed by atoms with Gasteiger partial charge in [-0.2, -0.15) is 5.10 Å². The average molecular weight is 734 g/mol. The van der Waals surface area contributed by atoms with E-state index in [-0.39, 0.29) is 42.2 Å². The first-order chi connectivity index (χ1) is 23.5. The number of aryl methyl sites for hydroxylation is 1. The van der Waals surface area contributed by atoms with Gasteiger partial charge in [-0.05, 0) is 71.6 Å². The van der Waals surface area contributed by atoms with E-state index in [4.69, 9.17) is 4.42 Å². The highest BCUT2D eigenvalue weighted by atomic mass is 79.9. The van der Waals surface area contributed by atoms with Crippen LogP contribution in [0.5, 0.6) is 0 Å². The number of imide groups is 1. The Balaban J connectivity index is 0.970. The summed E-state index contributed by atoms with van der Waals surface area (Å²) in [5, 5.41) is 9.93. The van der Waals surface area contributed by atoms with Gasteiger partial charge in [0.05, 0.1) is 17.4 Å². The van der Waals surface area contributed by atoms with Gasteiger partial charge < -0.3 is 24.4 Å². The first-order valence-electron chi connectivity index (χ1n) is 16.4. The first-order valence-corrected chi connectivity index (χ1v) is 17.1. The molecule has 3 saturated heterocycles. The van der Waals surface area contributed by atoms with Crippen LogP contribution in [-0.2, 0) is 16.6 Å². The molecular formula is C34H37BrN8O6. The summed E-state index contributed by atoms with van der Waals surface area (Å²) in [6, 6.07) is 12.7. The van der Waals surface area contributed by atoms with Crippen molar-refractivity contribution >= 4 is 56.1 Å². The van der Waals surface area contributed by atoms with Gasteiger partial charge in [-0.25, -0.2) is 9.48 Å². The number of halogens is 1. The van der Waals surface area contributed by atoms with Crippen molar-refractivity contribution in [3.05, 3.63) is 85.2 Å². The number of likely N-dealkylation sites (N-methyl/N-ethyl adjacent to an activating group) is 1. The van der Waals surface area contributed by atoms with Crippen molar-refractivity contribution in [3.63, 3.8) is 0 Å². The Hall–Kier alpha value is -4.76. The number of anilines is 2. The standard InChI is InChI=1S/C34H37BrN8O6/c1-39-18-22(15-23(19-39)37-25-17-36-40(2)33(47)30(25)35)20-3-5-21(6-4-20)32(46)42-13-11-41(12-14-42)24-7-8-26-28(16-24)49-34(48)43(26)27-9-10-29(44)38-31(27)45/h3-8,16-17,22-23,27,37H,9-15,18-19H2,1-2H3,(H,38,44,45)/t22-,23+,27?/m1/s1. The number of aromatic nitrogens is 3. The van der Waals surface area contributed by atoms with Gasteiger partial charge in [-0.3, -0.25) is 29.1 Å². The number of fused-ring (bicyclic) bond motifs is 1. The first kappa shape index (κ1) is 32.8. The van der Waals surface area contributed by atoms with Crippen molar-refractivity contribution < 1.29 is 18.8 Å². The molecule has 3 atom stereocenters. The Morgan fingerprint density at radius 1 is 1.00 bits per heavy atom. The SMILES string of the molecule is CN1C[C@@H](Nc2cnn(C)c(=O)c2Br)C[C@@H](c2ccc(C(=O)N3CCN(c4ccc5c(c4)oc(=O)n5C4CCC(=O)NC4=O)CC3)cc2)C1. The Labute approximate surface area is 289 Å². The summed E-state index contributed by atoms with van der Waals surface area (Å²) >= 11 is 3.41. The van der Waals surface area contributed by atoms with E-state index in [0.29, 0.717) is 53.0 Å². The summed E-state index contributed by atoms with van der Waals surface area (Å²) in [5.41, 5.74) is 4.02. The fourth-order valence-electron chi connectivity index (χ4n) is 7.19. The van der Waals surface area contributed by atoms with E-state index in [0.717, 1.165) is 30.8 Å². The van der Waals surface area contributed by atoms with Crippen LogP contribution in [0.3, 0.4) is 0 Å². The van der Waals surface area contributed by atoms with Gasteiger partial charge >= 0.3 is 5.76 Å². The maximum absolute atomic E-state index is 13.5. The lowest BCUT2D eigenvalue weighted by Crippen LogP contribution is -2.48. The quantitative estimate of drug-likeness (QED) is 0.282.